The fourth-order valence-corrected chi connectivity index (χ4v) is 2.46. The van der Waals surface area contributed by atoms with Crippen LogP contribution in [0, 0.1) is 0 Å². The highest BCUT2D eigenvalue weighted by atomic mass is 32.1. The Balaban J connectivity index is 1.98. The van der Waals surface area contributed by atoms with Crippen LogP contribution in [0.2, 0.25) is 0 Å². The maximum Gasteiger partial charge on any atom is 0.261 e. The molecule has 0 aliphatic carbocycles. The number of carbonyl (C=O) groups is 1. The molecule has 0 fully saturated rings. The quantitative estimate of drug-likeness (QED) is 0.532. The molecule has 2 rings (SSSR count). The Morgan fingerprint density at radius 3 is 2.63 bits per heavy atom. The summed E-state index contributed by atoms with van der Waals surface area (Å²) in [6, 6.07) is 14.3. The number of para-hydroxylation sites is 1. The van der Waals surface area contributed by atoms with Crippen LogP contribution in [0.25, 0.3) is 0 Å². The van der Waals surface area contributed by atoms with E-state index in [1.54, 1.807) is 31.4 Å². The number of thiocarbonyl (C=S) groups is 1. The zero-order valence-corrected chi connectivity index (χ0v) is 16.5. The van der Waals surface area contributed by atoms with E-state index in [0.717, 1.165) is 0 Å². The summed E-state index contributed by atoms with van der Waals surface area (Å²) in [4.78, 5) is 12.5. The van der Waals surface area contributed by atoms with Crippen LogP contribution in [0.15, 0.2) is 48.5 Å². The Morgan fingerprint density at radius 1 is 1.11 bits per heavy atom. The molecule has 0 spiro atoms. The van der Waals surface area contributed by atoms with Crippen molar-refractivity contribution in [2.75, 3.05) is 25.6 Å². The smallest absolute Gasteiger partial charge is 0.261 e. The number of benzene rings is 2. The molecule has 27 heavy (non-hydrogen) atoms. The fourth-order valence-electron chi connectivity index (χ4n) is 2.25. The van der Waals surface area contributed by atoms with E-state index >= 15 is 0 Å². The van der Waals surface area contributed by atoms with E-state index in [1.807, 2.05) is 38.1 Å². The summed E-state index contributed by atoms with van der Waals surface area (Å²) in [6.07, 6.45) is -0.0372. The summed E-state index contributed by atoms with van der Waals surface area (Å²) in [5.41, 5.74) is 1.13. The zero-order valence-electron chi connectivity index (χ0n) is 15.7. The molecule has 0 aliphatic heterocycles. The third-order valence-corrected chi connectivity index (χ3v) is 3.57. The lowest BCUT2D eigenvalue weighted by Gasteiger charge is -2.15. The summed E-state index contributed by atoms with van der Waals surface area (Å²) >= 11 is 5.25. The second kappa shape index (κ2) is 10.5. The second-order valence-electron chi connectivity index (χ2n) is 5.94. The van der Waals surface area contributed by atoms with Crippen molar-refractivity contribution in [3.63, 3.8) is 0 Å². The van der Waals surface area contributed by atoms with Gasteiger partial charge in [-0.1, -0.05) is 18.2 Å². The van der Waals surface area contributed by atoms with E-state index in [9.17, 15) is 4.79 Å². The molecule has 0 bridgehead atoms. The van der Waals surface area contributed by atoms with E-state index in [2.05, 4.69) is 10.6 Å². The van der Waals surface area contributed by atoms with Gasteiger partial charge < -0.3 is 19.5 Å². The lowest BCUT2D eigenvalue weighted by atomic mass is 10.2. The highest BCUT2D eigenvalue weighted by Gasteiger charge is 2.14. The minimum atomic E-state index is -0.337. The van der Waals surface area contributed by atoms with Gasteiger partial charge >= 0.3 is 0 Å². The van der Waals surface area contributed by atoms with Gasteiger partial charge in [0.25, 0.3) is 5.91 Å². The van der Waals surface area contributed by atoms with Crippen LogP contribution in [0.5, 0.6) is 11.5 Å². The third-order valence-electron chi connectivity index (χ3n) is 3.37. The van der Waals surface area contributed by atoms with E-state index in [1.165, 1.54) is 0 Å². The van der Waals surface area contributed by atoms with Crippen LogP contribution < -0.4 is 20.1 Å². The van der Waals surface area contributed by atoms with Gasteiger partial charge in [-0.2, -0.15) is 0 Å². The molecular weight excluding hydrogens is 364 g/mol. The Kier molecular flexibility index (Phi) is 8.03. The minimum Gasteiger partial charge on any atom is -0.491 e. The van der Waals surface area contributed by atoms with E-state index in [-0.39, 0.29) is 17.1 Å². The molecule has 0 aliphatic rings. The van der Waals surface area contributed by atoms with Gasteiger partial charge in [-0.05, 0) is 50.3 Å². The second-order valence-corrected chi connectivity index (χ2v) is 6.35. The standard InChI is InChI=1S/C20H24N2O4S/c1-14(2)26-18-10-5-4-9-17(18)19(23)22-20(27)21-15-7-6-8-16(13-15)25-12-11-24-3/h4-10,13-14H,11-12H2,1-3H3,(H2,21,22,23,27). The van der Waals surface area contributed by atoms with Crippen molar-refractivity contribution >= 4 is 28.9 Å². The largest absolute Gasteiger partial charge is 0.491 e. The highest BCUT2D eigenvalue weighted by molar-refractivity contribution is 7.80. The van der Waals surface area contributed by atoms with E-state index in [0.29, 0.717) is 36.0 Å². The van der Waals surface area contributed by atoms with Crippen LogP contribution >= 0.6 is 12.2 Å². The van der Waals surface area contributed by atoms with Gasteiger partial charge in [0.2, 0.25) is 0 Å². The minimum absolute atomic E-state index is 0.0372. The molecule has 0 aromatic heterocycles. The Morgan fingerprint density at radius 2 is 1.89 bits per heavy atom. The maximum absolute atomic E-state index is 12.5. The lowest BCUT2D eigenvalue weighted by Crippen LogP contribution is -2.34. The number of anilines is 1. The Hall–Kier alpha value is -2.64. The summed E-state index contributed by atoms with van der Waals surface area (Å²) < 4.78 is 16.2. The molecule has 2 aromatic rings. The summed E-state index contributed by atoms with van der Waals surface area (Å²) in [6.45, 7) is 4.77. The summed E-state index contributed by atoms with van der Waals surface area (Å²) in [5, 5.41) is 5.84. The van der Waals surface area contributed by atoms with Crippen LogP contribution in [0.4, 0.5) is 5.69 Å². The maximum atomic E-state index is 12.5. The molecule has 0 radical (unpaired) electrons. The molecule has 0 unspecified atom stereocenters. The van der Waals surface area contributed by atoms with Crippen molar-refractivity contribution in [3.8, 4) is 11.5 Å². The number of nitrogens with one attached hydrogen (secondary N) is 2. The highest BCUT2D eigenvalue weighted by Crippen LogP contribution is 2.20. The van der Waals surface area contributed by atoms with Gasteiger partial charge in [-0.15, -0.1) is 0 Å². The van der Waals surface area contributed by atoms with Crippen LogP contribution in [-0.4, -0.2) is 37.4 Å². The fraction of sp³-hybridized carbons (Fsp3) is 0.300. The first-order chi connectivity index (χ1) is 13.0. The first-order valence-electron chi connectivity index (χ1n) is 8.59. The predicted molar refractivity (Wildman–Crippen MR) is 110 cm³/mol. The number of rotatable bonds is 8. The molecule has 2 aromatic carbocycles. The van der Waals surface area contributed by atoms with Crippen LogP contribution in [-0.2, 0) is 4.74 Å². The van der Waals surface area contributed by atoms with Gasteiger partial charge in [0.1, 0.15) is 18.1 Å². The summed E-state index contributed by atoms with van der Waals surface area (Å²) in [7, 11) is 1.62. The number of ether oxygens (including phenoxy) is 3. The summed E-state index contributed by atoms with van der Waals surface area (Å²) in [5.74, 6) is 0.861. The molecule has 1 amide bonds. The molecule has 6 nitrogen and oxygen atoms in total. The van der Waals surface area contributed by atoms with Crippen molar-refractivity contribution in [3.05, 3.63) is 54.1 Å². The number of hydrogen-bond acceptors (Lipinski definition) is 5. The van der Waals surface area contributed by atoms with Crippen molar-refractivity contribution in [1.82, 2.24) is 5.32 Å². The normalized spacial score (nSPS) is 10.4. The van der Waals surface area contributed by atoms with Crippen molar-refractivity contribution in [1.29, 1.82) is 0 Å². The van der Waals surface area contributed by atoms with Crippen LogP contribution in [0.1, 0.15) is 24.2 Å². The van der Waals surface area contributed by atoms with Crippen molar-refractivity contribution in [2.45, 2.75) is 20.0 Å². The number of methoxy groups -OCH3 is 1. The number of amides is 1. The first kappa shape index (κ1) is 20.7. The van der Waals surface area contributed by atoms with Gasteiger partial charge in [0.15, 0.2) is 5.11 Å². The lowest BCUT2D eigenvalue weighted by molar-refractivity contribution is 0.0972. The average Bonchev–Trinajstić information content (AvgIpc) is 2.62. The predicted octanol–water partition coefficient (Wildman–Crippen LogP) is 3.63. The number of hydrogen-bond donors (Lipinski definition) is 2. The molecule has 0 saturated heterocycles. The molecule has 0 saturated carbocycles. The molecular formula is C20H24N2O4S. The van der Waals surface area contributed by atoms with Gasteiger partial charge in [0.05, 0.1) is 18.3 Å². The van der Waals surface area contributed by atoms with E-state index < -0.39 is 0 Å². The topological polar surface area (TPSA) is 68.8 Å². The van der Waals surface area contributed by atoms with Crippen molar-refractivity contribution in [2.24, 2.45) is 0 Å². The Bertz CT molecular complexity index is 780. The van der Waals surface area contributed by atoms with Crippen LogP contribution in [0.3, 0.4) is 0 Å². The monoisotopic (exact) mass is 388 g/mol. The van der Waals surface area contributed by atoms with Gasteiger partial charge in [0, 0.05) is 18.9 Å². The molecule has 7 heteroatoms. The number of carbonyl (C=O) groups excluding carboxylic acids is 1. The molecule has 144 valence electrons. The average molecular weight is 388 g/mol. The zero-order chi connectivity index (χ0) is 19.6. The molecule has 0 heterocycles. The molecule has 2 N–H and O–H groups in total. The first-order valence-corrected chi connectivity index (χ1v) is 9.00. The third kappa shape index (κ3) is 6.88. The van der Waals surface area contributed by atoms with Gasteiger partial charge in [-0.25, -0.2) is 0 Å². The molecule has 0 atom stereocenters. The van der Waals surface area contributed by atoms with E-state index in [4.69, 9.17) is 26.4 Å². The van der Waals surface area contributed by atoms with Crippen molar-refractivity contribution < 1.29 is 19.0 Å². The van der Waals surface area contributed by atoms with Gasteiger partial charge in [-0.3, -0.25) is 10.1 Å². The SMILES string of the molecule is COCCOc1cccc(NC(=S)NC(=O)c2ccccc2OC(C)C)c1. The Labute approximate surface area is 164 Å².